The van der Waals surface area contributed by atoms with Crippen LogP contribution in [0, 0.1) is 6.92 Å². The first-order chi connectivity index (χ1) is 14.8. The van der Waals surface area contributed by atoms with Crippen LogP contribution in [0.15, 0.2) is 67.0 Å². The molecule has 1 unspecified atom stereocenters. The predicted molar refractivity (Wildman–Crippen MR) is 115 cm³/mol. The second-order valence-corrected chi connectivity index (χ2v) is 7.45. The second kappa shape index (κ2) is 9.83. The zero-order valence-electron chi connectivity index (χ0n) is 16.7. The zero-order chi connectivity index (χ0) is 22.4. The Hall–Kier alpha value is -3.06. The second-order valence-electron chi connectivity index (χ2n) is 7.02. The van der Waals surface area contributed by atoms with Crippen LogP contribution in [-0.4, -0.2) is 17.4 Å². The molecule has 0 aliphatic carbocycles. The summed E-state index contributed by atoms with van der Waals surface area (Å²) < 4.78 is 40.6. The van der Waals surface area contributed by atoms with Gasteiger partial charge in [0.2, 0.25) is 5.91 Å². The van der Waals surface area contributed by atoms with Gasteiger partial charge in [0.1, 0.15) is 6.04 Å². The molecule has 0 saturated carbocycles. The van der Waals surface area contributed by atoms with Gasteiger partial charge in [-0.3, -0.25) is 9.78 Å². The third-order valence-corrected chi connectivity index (χ3v) is 5.05. The van der Waals surface area contributed by atoms with E-state index in [-0.39, 0.29) is 10.7 Å². The number of aryl methyl sites for hydroxylation is 1. The van der Waals surface area contributed by atoms with Crippen LogP contribution in [0.1, 0.15) is 28.3 Å². The number of anilines is 1. The average molecular weight is 448 g/mol. The molecule has 0 aliphatic rings. The Balaban J connectivity index is 1.86. The van der Waals surface area contributed by atoms with Crippen LogP contribution in [0.5, 0.6) is 0 Å². The summed E-state index contributed by atoms with van der Waals surface area (Å²) in [6.45, 7) is 2.14. The lowest BCUT2D eigenvalue weighted by Crippen LogP contribution is -2.35. The van der Waals surface area contributed by atoms with Crippen molar-refractivity contribution in [3.05, 3.63) is 94.3 Å². The minimum atomic E-state index is -4.62. The first-order valence-electron chi connectivity index (χ1n) is 9.61. The fourth-order valence-electron chi connectivity index (χ4n) is 3.21. The van der Waals surface area contributed by atoms with E-state index in [0.717, 1.165) is 17.2 Å². The number of carbonyl (C=O) groups is 1. The third-order valence-electron chi connectivity index (χ3n) is 4.81. The van der Waals surface area contributed by atoms with Gasteiger partial charge in [-0.25, -0.2) is 0 Å². The van der Waals surface area contributed by atoms with E-state index < -0.39 is 23.7 Å². The van der Waals surface area contributed by atoms with Gasteiger partial charge in [-0.15, -0.1) is 0 Å². The molecule has 31 heavy (non-hydrogen) atoms. The van der Waals surface area contributed by atoms with Crippen LogP contribution in [0.3, 0.4) is 0 Å². The van der Waals surface area contributed by atoms with Crippen molar-refractivity contribution in [3.8, 4) is 0 Å². The highest BCUT2D eigenvalue weighted by atomic mass is 35.5. The summed E-state index contributed by atoms with van der Waals surface area (Å²) in [5, 5.41) is 5.57. The Labute approximate surface area is 183 Å². The van der Waals surface area contributed by atoms with Crippen molar-refractivity contribution in [2.75, 3.05) is 11.9 Å². The highest BCUT2D eigenvalue weighted by Gasteiger charge is 2.35. The van der Waals surface area contributed by atoms with Gasteiger partial charge >= 0.3 is 6.18 Å². The van der Waals surface area contributed by atoms with Crippen molar-refractivity contribution >= 4 is 23.2 Å². The molecule has 0 saturated heterocycles. The number of aromatic nitrogens is 1. The number of pyridine rings is 1. The van der Waals surface area contributed by atoms with Gasteiger partial charge in [0, 0.05) is 29.6 Å². The molecule has 3 aromatic rings. The van der Waals surface area contributed by atoms with Gasteiger partial charge in [-0.1, -0.05) is 35.9 Å². The summed E-state index contributed by atoms with van der Waals surface area (Å²) in [5.41, 5.74) is 1.23. The number of halogens is 4. The summed E-state index contributed by atoms with van der Waals surface area (Å²) in [4.78, 5) is 17.0. The van der Waals surface area contributed by atoms with Crippen molar-refractivity contribution in [2.24, 2.45) is 0 Å². The molecule has 8 heteroatoms. The molecular formula is C23H21ClF3N3O. The molecule has 1 aromatic heterocycles. The maximum Gasteiger partial charge on any atom is 0.418 e. The number of amides is 1. The van der Waals surface area contributed by atoms with E-state index in [2.05, 4.69) is 15.6 Å². The molecule has 4 nitrogen and oxygen atoms in total. The van der Waals surface area contributed by atoms with E-state index in [4.69, 9.17) is 11.6 Å². The van der Waals surface area contributed by atoms with Crippen LogP contribution in [0.25, 0.3) is 0 Å². The molecule has 3 rings (SSSR count). The standard InChI is InChI=1S/C23H21ClF3N3O/c1-15-4-2-3-5-18(15)21(22(31)29-13-10-16-8-11-28-12-9-16)30-20-7-6-17(24)14-19(20)23(25,26)27/h2-9,11-12,14,21,30H,10,13H2,1H3,(H,29,31). The topological polar surface area (TPSA) is 54.0 Å². The molecule has 1 heterocycles. The highest BCUT2D eigenvalue weighted by Crippen LogP contribution is 2.38. The van der Waals surface area contributed by atoms with Crippen molar-refractivity contribution in [2.45, 2.75) is 25.6 Å². The molecule has 0 radical (unpaired) electrons. The normalized spacial score (nSPS) is 12.3. The first kappa shape index (κ1) is 22.6. The third kappa shape index (κ3) is 5.98. The molecule has 0 fully saturated rings. The Kier molecular flexibility index (Phi) is 7.17. The number of nitrogens with zero attached hydrogens (tertiary/aromatic N) is 1. The van der Waals surface area contributed by atoms with Crippen molar-refractivity contribution in [1.29, 1.82) is 0 Å². The average Bonchev–Trinajstić information content (AvgIpc) is 2.73. The molecule has 162 valence electrons. The van der Waals surface area contributed by atoms with Crippen molar-refractivity contribution in [3.63, 3.8) is 0 Å². The molecule has 2 N–H and O–H groups in total. The summed E-state index contributed by atoms with van der Waals surface area (Å²) in [7, 11) is 0. The maximum absolute atomic E-state index is 13.5. The summed E-state index contributed by atoms with van der Waals surface area (Å²) in [6, 6.07) is 13.2. The van der Waals surface area contributed by atoms with E-state index in [1.807, 2.05) is 12.1 Å². The van der Waals surface area contributed by atoms with Crippen LogP contribution < -0.4 is 10.6 Å². The van der Waals surface area contributed by atoms with Crippen LogP contribution in [0.4, 0.5) is 18.9 Å². The number of nitrogens with one attached hydrogen (secondary N) is 2. The molecule has 0 aliphatic heterocycles. The quantitative estimate of drug-likeness (QED) is 0.497. The molecule has 1 atom stereocenters. The predicted octanol–water partition coefficient (Wildman–Crippen LogP) is 5.57. The van der Waals surface area contributed by atoms with Gasteiger partial charge in [-0.2, -0.15) is 13.2 Å². The molecule has 1 amide bonds. The largest absolute Gasteiger partial charge is 0.418 e. The van der Waals surface area contributed by atoms with Gasteiger partial charge in [0.25, 0.3) is 0 Å². The Morgan fingerprint density at radius 3 is 2.48 bits per heavy atom. The van der Waals surface area contributed by atoms with E-state index in [9.17, 15) is 18.0 Å². The fraction of sp³-hybridized carbons (Fsp3) is 0.217. The van der Waals surface area contributed by atoms with Gasteiger partial charge in [0.15, 0.2) is 0 Å². The summed E-state index contributed by atoms with van der Waals surface area (Å²) in [6.07, 6.45) is -0.729. The minimum Gasteiger partial charge on any atom is -0.370 e. The van der Waals surface area contributed by atoms with Crippen LogP contribution in [0.2, 0.25) is 5.02 Å². The lowest BCUT2D eigenvalue weighted by molar-refractivity contribution is -0.137. The summed E-state index contributed by atoms with van der Waals surface area (Å²) in [5.74, 6) is -0.425. The van der Waals surface area contributed by atoms with Gasteiger partial charge in [0.05, 0.1) is 5.56 Å². The Morgan fingerprint density at radius 1 is 1.10 bits per heavy atom. The molecular weight excluding hydrogens is 427 g/mol. The zero-order valence-corrected chi connectivity index (χ0v) is 17.5. The lowest BCUT2D eigenvalue weighted by atomic mass is 9.99. The minimum absolute atomic E-state index is 0.0351. The fourth-order valence-corrected chi connectivity index (χ4v) is 3.38. The molecule has 0 spiro atoms. The van der Waals surface area contributed by atoms with Crippen molar-refractivity contribution < 1.29 is 18.0 Å². The van der Waals surface area contributed by atoms with E-state index in [0.29, 0.717) is 18.5 Å². The maximum atomic E-state index is 13.5. The highest BCUT2D eigenvalue weighted by molar-refractivity contribution is 6.30. The smallest absolute Gasteiger partial charge is 0.370 e. The van der Waals surface area contributed by atoms with Gasteiger partial charge < -0.3 is 10.6 Å². The molecule has 0 bridgehead atoms. The number of carbonyl (C=O) groups excluding carboxylic acids is 1. The van der Waals surface area contributed by atoms with Crippen LogP contribution >= 0.6 is 11.6 Å². The monoisotopic (exact) mass is 447 g/mol. The number of hydrogen-bond acceptors (Lipinski definition) is 3. The number of alkyl halides is 3. The van der Waals surface area contributed by atoms with Crippen molar-refractivity contribution in [1.82, 2.24) is 10.3 Å². The molecule has 2 aromatic carbocycles. The van der Waals surface area contributed by atoms with E-state index >= 15 is 0 Å². The lowest BCUT2D eigenvalue weighted by Gasteiger charge is -2.24. The van der Waals surface area contributed by atoms with E-state index in [1.165, 1.54) is 12.1 Å². The number of hydrogen-bond donors (Lipinski definition) is 2. The summed E-state index contributed by atoms with van der Waals surface area (Å²) >= 11 is 5.78. The SMILES string of the molecule is Cc1ccccc1C(Nc1ccc(Cl)cc1C(F)(F)F)C(=O)NCCc1ccncc1. The van der Waals surface area contributed by atoms with Gasteiger partial charge in [-0.05, 0) is 60.4 Å². The number of benzene rings is 2. The first-order valence-corrected chi connectivity index (χ1v) is 9.99. The van der Waals surface area contributed by atoms with E-state index in [1.54, 1.807) is 43.6 Å². The Bertz CT molecular complexity index is 1040. The number of rotatable bonds is 7. The van der Waals surface area contributed by atoms with Crippen LogP contribution in [-0.2, 0) is 17.4 Å². The Morgan fingerprint density at radius 2 is 1.81 bits per heavy atom.